The number of carbonyl (C=O) groups is 1. The molecule has 8 nitrogen and oxygen atoms in total. The lowest BCUT2D eigenvalue weighted by Crippen LogP contribution is -2.23. The van der Waals surface area contributed by atoms with E-state index in [2.05, 4.69) is 27.4 Å². The second-order valence-electron chi connectivity index (χ2n) is 6.88. The van der Waals surface area contributed by atoms with Gasteiger partial charge in [0.25, 0.3) is 5.56 Å². The van der Waals surface area contributed by atoms with Gasteiger partial charge in [-0.2, -0.15) is 0 Å². The van der Waals surface area contributed by atoms with E-state index < -0.39 is 0 Å². The maximum Gasteiger partial charge on any atom is 0.262 e. The highest BCUT2D eigenvalue weighted by Gasteiger charge is 2.17. The van der Waals surface area contributed by atoms with Gasteiger partial charge in [0.1, 0.15) is 0 Å². The van der Waals surface area contributed by atoms with Crippen LogP contribution in [0.4, 0.5) is 5.69 Å². The van der Waals surface area contributed by atoms with E-state index in [4.69, 9.17) is 0 Å². The van der Waals surface area contributed by atoms with Crippen molar-refractivity contribution >= 4 is 40.0 Å². The van der Waals surface area contributed by atoms with E-state index in [0.29, 0.717) is 28.6 Å². The molecule has 0 fully saturated rings. The fraction of sp³-hybridized carbons (Fsp3) is 0.286. The number of amides is 1. The average Bonchev–Trinajstić information content (AvgIpc) is 3.19. The highest BCUT2D eigenvalue weighted by Crippen LogP contribution is 2.22. The fourth-order valence-electron chi connectivity index (χ4n) is 3.31. The number of aryl methyl sites for hydroxylation is 1. The summed E-state index contributed by atoms with van der Waals surface area (Å²) < 4.78 is 3.55. The molecule has 0 aliphatic carbocycles. The molecule has 0 aliphatic heterocycles. The van der Waals surface area contributed by atoms with E-state index in [1.54, 1.807) is 29.1 Å². The van der Waals surface area contributed by atoms with E-state index in [1.165, 1.54) is 11.8 Å². The van der Waals surface area contributed by atoms with Crippen LogP contribution in [0.25, 0.3) is 16.7 Å². The third-order valence-corrected chi connectivity index (χ3v) is 5.67. The van der Waals surface area contributed by atoms with Crippen molar-refractivity contribution < 1.29 is 4.79 Å². The molecule has 1 aromatic carbocycles. The zero-order chi connectivity index (χ0) is 20.9. The summed E-state index contributed by atoms with van der Waals surface area (Å²) in [5.41, 5.74) is 1.32. The molecule has 1 N–H and O–H groups in total. The minimum atomic E-state index is -0.162. The van der Waals surface area contributed by atoms with Gasteiger partial charge in [-0.05, 0) is 30.7 Å². The Balaban J connectivity index is 1.66. The number of unbranched alkanes of at least 4 members (excludes halogenated alkanes) is 2. The second-order valence-corrected chi connectivity index (χ2v) is 7.82. The first-order valence-corrected chi connectivity index (χ1v) is 10.9. The van der Waals surface area contributed by atoms with Gasteiger partial charge >= 0.3 is 0 Å². The third kappa shape index (κ3) is 4.06. The molecule has 0 unspecified atom stereocenters. The zero-order valence-corrected chi connectivity index (χ0v) is 17.4. The van der Waals surface area contributed by atoms with Gasteiger partial charge in [0.05, 0.1) is 28.5 Å². The van der Waals surface area contributed by atoms with Gasteiger partial charge in [0.15, 0.2) is 5.16 Å². The van der Waals surface area contributed by atoms with Gasteiger partial charge in [0, 0.05) is 12.7 Å². The normalized spacial score (nSPS) is 11.2. The molecule has 4 rings (SSSR count). The summed E-state index contributed by atoms with van der Waals surface area (Å²) in [6.45, 7) is 2.71. The molecule has 0 aliphatic rings. The smallest absolute Gasteiger partial charge is 0.262 e. The first-order valence-electron chi connectivity index (χ1n) is 9.88. The number of pyridine rings is 1. The number of para-hydroxylation sites is 1. The number of nitrogens with one attached hydrogen (secondary N) is 1. The Kier molecular flexibility index (Phi) is 6.08. The Hall–Kier alpha value is -3.20. The summed E-state index contributed by atoms with van der Waals surface area (Å²) in [5, 5.41) is 12.6. The lowest BCUT2D eigenvalue weighted by Gasteiger charge is -2.11. The number of carbonyl (C=O) groups excluding carboxylic acids is 1. The topological polar surface area (TPSA) is 94.2 Å². The van der Waals surface area contributed by atoms with Crippen LogP contribution in [0.15, 0.2) is 58.7 Å². The van der Waals surface area contributed by atoms with Crippen LogP contribution in [0.2, 0.25) is 0 Å². The third-order valence-electron chi connectivity index (χ3n) is 4.74. The molecule has 0 bridgehead atoms. The molecule has 0 saturated heterocycles. The summed E-state index contributed by atoms with van der Waals surface area (Å²) in [7, 11) is 0. The largest absolute Gasteiger partial charge is 0.324 e. The van der Waals surface area contributed by atoms with Crippen molar-refractivity contribution in [3.8, 4) is 0 Å². The number of thioether (sulfide) groups is 1. The van der Waals surface area contributed by atoms with Gasteiger partial charge in [0.2, 0.25) is 11.7 Å². The van der Waals surface area contributed by atoms with Crippen molar-refractivity contribution in [2.24, 2.45) is 0 Å². The Morgan fingerprint density at radius 3 is 2.80 bits per heavy atom. The molecular formula is C21H22N6O2S. The van der Waals surface area contributed by atoms with Gasteiger partial charge in [-0.25, -0.2) is 0 Å². The van der Waals surface area contributed by atoms with Crippen molar-refractivity contribution in [1.82, 2.24) is 24.1 Å². The maximum atomic E-state index is 13.0. The summed E-state index contributed by atoms with van der Waals surface area (Å²) in [6.07, 6.45) is 6.25. The van der Waals surface area contributed by atoms with Crippen molar-refractivity contribution in [2.45, 2.75) is 37.9 Å². The summed E-state index contributed by atoms with van der Waals surface area (Å²) >= 11 is 1.28. The predicted molar refractivity (Wildman–Crippen MR) is 118 cm³/mol. The highest BCUT2D eigenvalue weighted by molar-refractivity contribution is 7.99. The van der Waals surface area contributed by atoms with Crippen LogP contribution in [0.5, 0.6) is 0 Å². The van der Waals surface area contributed by atoms with E-state index in [0.717, 1.165) is 24.8 Å². The molecule has 0 spiro atoms. The van der Waals surface area contributed by atoms with Crippen molar-refractivity contribution in [1.29, 1.82) is 0 Å². The number of rotatable bonds is 8. The van der Waals surface area contributed by atoms with Gasteiger partial charge in [-0.1, -0.05) is 43.7 Å². The molecule has 1 amide bonds. The summed E-state index contributed by atoms with van der Waals surface area (Å²) in [6, 6.07) is 11.0. The van der Waals surface area contributed by atoms with Crippen LogP contribution < -0.4 is 10.9 Å². The van der Waals surface area contributed by atoms with Crippen LogP contribution in [-0.4, -0.2) is 35.8 Å². The summed E-state index contributed by atoms with van der Waals surface area (Å²) in [5.74, 6) is 0.509. The number of benzene rings is 1. The first-order chi connectivity index (χ1) is 14.7. The quantitative estimate of drug-likeness (QED) is 0.346. The standard InChI is InChI=1S/C21H22N6O2S/c1-2-3-6-12-26-19(29)16-9-4-5-10-17(16)27-20(26)24-25-21(27)30-14-18(28)23-15-8-7-11-22-13-15/h4-5,7-11,13H,2-3,6,12,14H2,1H3,(H,23,28). The zero-order valence-electron chi connectivity index (χ0n) is 16.6. The fourth-order valence-corrected chi connectivity index (χ4v) is 4.05. The number of fused-ring (bicyclic) bond motifs is 3. The molecule has 154 valence electrons. The summed E-state index contributed by atoms with van der Waals surface area (Å²) in [4.78, 5) is 29.3. The Bertz CT molecular complexity index is 1230. The van der Waals surface area contributed by atoms with Gasteiger partial charge in [-0.15, -0.1) is 10.2 Å². The lowest BCUT2D eigenvalue weighted by molar-refractivity contribution is -0.113. The minimum absolute atomic E-state index is 0.0625. The average molecular weight is 423 g/mol. The monoisotopic (exact) mass is 422 g/mol. The first kappa shape index (κ1) is 20.1. The Labute approximate surface area is 177 Å². The van der Waals surface area contributed by atoms with Crippen LogP contribution >= 0.6 is 11.8 Å². The van der Waals surface area contributed by atoms with E-state index >= 15 is 0 Å². The Morgan fingerprint density at radius 2 is 2.00 bits per heavy atom. The molecule has 3 aromatic heterocycles. The van der Waals surface area contributed by atoms with Gasteiger partial charge < -0.3 is 5.32 Å². The maximum absolute atomic E-state index is 13.0. The number of anilines is 1. The molecule has 0 atom stereocenters. The predicted octanol–water partition coefficient (Wildman–Crippen LogP) is 3.36. The molecule has 9 heteroatoms. The van der Waals surface area contributed by atoms with Crippen molar-refractivity contribution in [2.75, 3.05) is 11.1 Å². The van der Waals surface area contributed by atoms with Crippen LogP contribution in [-0.2, 0) is 11.3 Å². The minimum Gasteiger partial charge on any atom is -0.324 e. The van der Waals surface area contributed by atoms with Gasteiger partial charge in [-0.3, -0.25) is 23.5 Å². The molecule has 30 heavy (non-hydrogen) atoms. The Morgan fingerprint density at radius 1 is 1.13 bits per heavy atom. The van der Waals surface area contributed by atoms with Crippen molar-refractivity contribution in [3.05, 3.63) is 59.1 Å². The number of hydrogen-bond acceptors (Lipinski definition) is 6. The number of hydrogen-bond donors (Lipinski definition) is 1. The van der Waals surface area contributed by atoms with Crippen molar-refractivity contribution in [3.63, 3.8) is 0 Å². The molecule has 0 saturated carbocycles. The van der Waals surface area contributed by atoms with Crippen LogP contribution in [0.1, 0.15) is 26.2 Å². The highest BCUT2D eigenvalue weighted by atomic mass is 32.2. The lowest BCUT2D eigenvalue weighted by atomic mass is 10.2. The van der Waals surface area contributed by atoms with E-state index in [1.807, 2.05) is 28.7 Å². The SMILES string of the molecule is CCCCCn1c(=O)c2ccccc2n2c(SCC(=O)Nc3cccnc3)nnc12. The molecular weight excluding hydrogens is 400 g/mol. The van der Waals surface area contributed by atoms with Crippen LogP contribution in [0, 0.1) is 0 Å². The van der Waals surface area contributed by atoms with E-state index in [9.17, 15) is 9.59 Å². The molecule has 4 aromatic rings. The number of nitrogens with zero attached hydrogens (tertiary/aromatic N) is 5. The van der Waals surface area contributed by atoms with E-state index in [-0.39, 0.29) is 17.2 Å². The molecule has 0 radical (unpaired) electrons. The van der Waals surface area contributed by atoms with Crippen LogP contribution in [0.3, 0.4) is 0 Å². The molecule has 3 heterocycles. The number of aromatic nitrogens is 5. The second kappa shape index (κ2) is 9.08.